The van der Waals surface area contributed by atoms with Gasteiger partial charge in [0.05, 0.1) is 10.6 Å². The molecule has 3 rings (SSSR count). The van der Waals surface area contributed by atoms with Crippen LogP contribution < -0.4 is 4.90 Å². The Morgan fingerprint density at radius 2 is 2.17 bits per heavy atom. The molecule has 2 atom stereocenters. The van der Waals surface area contributed by atoms with Gasteiger partial charge < -0.3 is 4.90 Å². The second-order valence-corrected chi connectivity index (χ2v) is 7.52. The van der Waals surface area contributed by atoms with Gasteiger partial charge in [-0.25, -0.2) is 4.98 Å². The van der Waals surface area contributed by atoms with Gasteiger partial charge in [0, 0.05) is 30.0 Å². The van der Waals surface area contributed by atoms with Crippen molar-refractivity contribution in [1.29, 1.82) is 0 Å². The van der Waals surface area contributed by atoms with Crippen molar-refractivity contribution in [3.8, 4) is 0 Å². The number of thioether (sulfide) groups is 1. The van der Waals surface area contributed by atoms with E-state index in [1.807, 2.05) is 11.8 Å². The number of carbonyl (C=O) groups is 1. The largest absolute Gasteiger partial charge is 0.343 e. The summed E-state index contributed by atoms with van der Waals surface area (Å²) in [7, 11) is 0. The fourth-order valence-electron chi connectivity index (χ4n) is 2.58. The highest BCUT2D eigenvalue weighted by Crippen LogP contribution is 2.35. The molecule has 0 N–H and O–H groups in total. The summed E-state index contributed by atoms with van der Waals surface area (Å²) >= 11 is 3.64. The van der Waals surface area contributed by atoms with Gasteiger partial charge in [0.2, 0.25) is 0 Å². The van der Waals surface area contributed by atoms with Crippen LogP contribution in [-0.2, 0) is 6.42 Å². The lowest BCUT2D eigenvalue weighted by Gasteiger charge is -2.37. The molecule has 0 bridgehead atoms. The lowest BCUT2D eigenvalue weighted by atomic mass is 10.0. The van der Waals surface area contributed by atoms with Gasteiger partial charge in [-0.2, -0.15) is 11.8 Å². The molecule has 1 aromatic rings. The third kappa shape index (κ3) is 2.07. The molecule has 0 spiro atoms. The van der Waals surface area contributed by atoms with Gasteiger partial charge in [0.1, 0.15) is 0 Å². The Morgan fingerprint density at radius 3 is 2.94 bits per heavy atom. The number of aromatic nitrogens is 1. The van der Waals surface area contributed by atoms with Crippen LogP contribution in [0.15, 0.2) is 0 Å². The van der Waals surface area contributed by atoms with Crippen LogP contribution in [0.25, 0.3) is 0 Å². The van der Waals surface area contributed by atoms with Gasteiger partial charge in [0.25, 0.3) is 0 Å². The molecule has 1 fully saturated rings. The number of aryl methyl sites for hydroxylation is 1. The third-order valence-electron chi connectivity index (χ3n) is 3.89. The van der Waals surface area contributed by atoms with Crippen LogP contribution in [-0.4, -0.2) is 34.4 Å². The van der Waals surface area contributed by atoms with E-state index in [0.29, 0.717) is 23.5 Å². The van der Waals surface area contributed by atoms with Crippen molar-refractivity contribution in [3.05, 3.63) is 10.6 Å². The molecule has 1 saturated heterocycles. The zero-order valence-corrected chi connectivity index (χ0v) is 12.4. The molecule has 1 aliphatic heterocycles. The second kappa shape index (κ2) is 4.85. The first-order chi connectivity index (χ1) is 8.66. The highest BCUT2D eigenvalue weighted by atomic mass is 32.2. The van der Waals surface area contributed by atoms with Crippen LogP contribution in [0.4, 0.5) is 5.13 Å². The number of ketones is 1. The maximum Gasteiger partial charge on any atom is 0.186 e. The SMILES string of the molecule is CC1SCCN(c2nc3c(s2)C(=O)CCC3)C1C. The molecule has 5 heteroatoms. The van der Waals surface area contributed by atoms with Crippen molar-refractivity contribution in [3.63, 3.8) is 0 Å². The molecule has 1 aliphatic carbocycles. The summed E-state index contributed by atoms with van der Waals surface area (Å²) in [6, 6.07) is 0.506. The molecular formula is C13H18N2OS2. The fraction of sp³-hybridized carbons (Fsp3) is 0.692. The van der Waals surface area contributed by atoms with Gasteiger partial charge >= 0.3 is 0 Å². The average molecular weight is 282 g/mol. The lowest BCUT2D eigenvalue weighted by molar-refractivity contribution is 0.0976. The molecule has 18 heavy (non-hydrogen) atoms. The minimum absolute atomic E-state index is 0.298. The van der Waals surface area contributed by atoms with Crippen molar-refractivity contribution in [2.75, 3.05) is 17.2 Å². The summed E-state index contributed by atoms with van der Waals surface area (Å²) in [5.41, 5.74) is 1.05. The maximum absolute atomic E-state index is 11.9. The van der Waals surface area contributed by atoms with Crippen molar-refractivity contribution >= 4 is 34.0 Å². The maximum atomic E-state index is 11.9. The van der Waals surface area contributed by atoms with Crippen molar-refractivity contribution < 1.29 is 4.79 Å². The molecular weight excluding hydrogens is 264 g/mol. The highest BCUT2D eigenvalue weighted by Gasteiger charge is 2.30. The third-order valence-corrected chi connectivity index (χ3v) is 6.40. The van der Waals surface area contributed by atoms with Crippen LogP contribution >= 0.6 is 23.1 Å². The van der Waals surface area contributed by atoms with E-state index in [-0.39, 0.29) is 0 Å². The number of fused-ring (bicyclic) bond motifs is 1. The van der Waals surface area contributed by atoms with E-state index < -0.39 is 0 Å². The number of rotatable bonds is 1. The summed E-state index contributed by atoms with van der Waals surface area (Å²) in [5.74, 6) is 1.45. The summed E-state index contributed by atoms with van der Waals surface area (Å²) < 4.78 is 0. The monoisotopic (exact) mass is 282 g/mol. The number of hydrogen-bond acceptors (Lipinski definition) is 5. The Balaban J connectivity index is 1.90. The van der Waals surface area contributed by atoms with E-state index in [1.165, 1.54) is 0 Å². The van der Waals surface area contributed by atoms with E-state index in [9.17, 15) is 4.79 Å². The number of Topliss-reactive ketones (excluding diaryl/α,β-unsaturated/α-hetero) is 1. The Hall–Kier alpha value is -0.550. The quantitative estimate of drug-likeness (QED) is 0.793. The van der Waals surface area contributed by atoms with Gasteiger partial charge in [0.15, 0.2) is 10.9 Å². The Kier molecular flexibility index (Phi) is 3.36. The first-order valence-electron chi connectivity index (χ1n) is 6.58. The van der Waals surface area contributed by atoms with Crippen LogP contribution in [0.3, 0.4) is 0 Å². The molecule has 0 saturated carbocycles. The molecule has 3 nitrogen and oxygen atoms in total. The molecule has 0 aromatic carbocycles. The van der Waals surface area contributed by atoms with E-state index in [0.717, 1.165) is 40.8 Å². The average Bonchev–Trinajstić information content (AvgIpc) is 2.78. The van der Waals surface area contributed by atoms with E-state index in [1.54, 1.807) is 11.3 Å². The fourth-order valence-corrected chi connectivity index (χ4v) is 4.88. The zero-order valence-electron chi connectivity index (χ0n) is 10.8. The summed E-state index contributed by atoms with van der Waals surface area (Å²) in [5, 5.41) is 1.70. The van der Waals surface area contributed by atoms with Crippen LogP contribution in [0.2, 0.25) is 0 Å². The summed E-state index contributed by atoms with van der Waals surface area (Å²) in [6.45, 7) is 5.59. The second-order valence-electron chi connectivity index (χ2n) is 5.06. The molecule has 2 heterocycles. The number of anilines is 1. The number of carbonyl (C=O) groups excluding carboxylic acids is 1. The molecule has 98 valence electrons. The molecule has 2 aliphatic rings. The molecule has 1 aromatic heterocycles. The minimum Gasteiger partial charge on any atom is -0.343 e. The van der Waals surface area contributed by atoms with Crippen molar-refractivity contribution in [2.45, 2.75) is 44.4 Å². The van der Waals surface area contributed by atoms with E-state index in [4.69, 9.17) is 4.98 Å². The predicted molar refractivity (Wildman–Crippen MR) is 78.1 cm³/mol. The standard InChI is InChI=1S/C13H18N2OS2/c1-8-9(2)17-7-6-15(8)13-14-10-4-3-5-11(16)12(10)18-13/h8-9H,3-7H2,1-2H3. The Labute approximate surface area is 116 Å². The van der Waals surface area contributed by atoms with Gasteiger partial charge in [-0.3, -0.25) is 4.79 Å². The van der Waals surface area contributed by atoms with Crippen molar-refractivity contribution in [1.82, 2.24) is 4.98 Å². The van der Waals surface area contributed by atoms with Crippen molar-refractivity contribution in [2.24, 2.45) is 0 Å². The number of thiazole rings is 1. The Bertz CT molecular complexity index is 472. The summed E-state index contributed by atoms with van der Waals surface area (Å²) in [4.78, 5) is 19.9. The van der Waals surface area contributed by atoms with Gasteiger partial charge in [-0.1, -0.05) is 18.3 Å². The van der Waals surface area contributed by atoms with Crippen LogP contribution in [0.5, 0.6) is 0 Å². The normalized spacial score (nSPS) is 28.3. The summed E-state index contributed by atoms with van der Waals surface area (Å²) in [6.07, 6.45) is 2.65. The smallest absolute Gasteiger partial charge is 0.186 e. The number of hydrogen-bond donors (Lipinski definition) is 0. The number of nitrogens with zero attached hydrogens (tertiary/aromatic N) is 2. The molecule has 0 radical (unpaired) electrons. The highest BCUT2D eigenvalue weighted by molar-refractivity contribution is 8.00. The van der Waals surface area contributed by atoms with Crippen LogP contribution in [0.1, 0.15) is 42.1 Å². The van der Waals surface area contributed by atoms with Gasteiger partial charge in [-0.05, 0) is 19.8 Å². The predicted octanol–water partition coefficient (Wildman–Crippen LogP) is 2.99. The van der Waals surface area contributed by atoms with E-state index >= 15 is 0 Å². The lowest BCUT2D eigenvalue weighted by Crippen LogP contribution is -2.44. The topological polar surface area (TPSA) is 33.2 Å². The first-order valence-corrected chi connectivity index (χ1v) is 8.44. The van der Waals surface area contributed by atoms with E-state index in [2.05, 4.69) is 18.7 Å². The van der Waals surface area contributed by atoms with Crippen LogP contribution in [0, 0.1) is 0 Å². The zero-order chi connectivity index (χ0) is 12.7. The first kappa shape index (κ1) is 12.5. The minimum atomic E-state index is 0.298. The molecule has 2 unspecified atom stereocenters. The molecule has 0 amide bonds. The van der Waals surface area contributed by atoms with Gasteiger partial charge in [-0.15, -0.1) is 0 Å². The Morgan fingerprint density at radius 1 is 1.33 bits per heavy atom.